The van der Waals surface area contributed by atoms with Crippen LogP contribution in [-0.4, -0.2) is 17.4 Å². The zero-order chi connectivity index (χ0) is 14.0. The van der Waals surface area contributed by atoms with Crippen LogP contribution in [0.1, 0.15) is 77.0 Å². The summed E-state index contributed by atoms with van der Waals surface area (Å²) in [6, 6.07) is 0. The number of hydrogen-bond acceptors (Lipinski definition) is 3. The molecular weight excluding hydrogens is 252 g/mol. The molecule has 0 N–H and O–H groups in total. The first kappa shape index (κ1) is 14.1. The number of ether oxygens (including phenoxy) is 1. The molecule has 0 aromatic heterocycles. The quantitative estimate of drug-likeness (QED) is 0.580. The van der Waals surface area contributed by atoms with Crippen molar-refractivity contribution in [1.82, 2.24) is 0 Å². The van der Waals surface area contributed by atoms with Crippen LogP contribution in [0.25, 0.3) is 0 Å². The molecule has 0 spiro atoms. The van der Waals surface area contributed by atoms with Crippen LogP contribution in [0.5, 0.6) is 0 Å². The molecule has 1 aliphatic heterocycles. The first-order valence-electron chi connectivity index (χ1n) is 8.41. The molecule has 0 amide bonds. The molecule has 1 saturated heterocycles. The van der Waals surface area contributed by atoms with Gasteiger partial charge in [-0.3, -0.25) is 9.59 Å². The van der Waals surface area contributed by atoms with E-state index in [-0.39, 0.29) is 18.2 Å². The van der Waals surface area contributed by atoms with Crippen molar-refractivity contribution in [2.45, 2.75) is 82.7 Å². The van der Waals surface area contributed by atoms with E-state index >= 15 is 0 Å². The van der Waals surface area contributed by atoms with Gasteiger partial charge in [0, 0.05) is 6.42 Å². The number of cyclic esters (lactones) is 1. The molecule has 0 aromatic carbocycles. The Morgan fingerprint density at radius 2 is 1.65 bits per heavy atom. The Bertz CT molecular complexity index is 360. The first-order valence-corrected chi connectivity index (χ1v) is 8.41. The van der Waals surface area contributed by atoms with E-state index in [2.05, 4.69) is 0 Å². The average molecular weight is 278 g/mol. The van der Waals surface area contributed by atoms with E-state index in [1.807, 2.05) is 0 Å². The Labute approximate surface area is 121 Å². The van der Waals surface area contributed by atoms with Gasteiger partial charge < -0.3 is 4.74 Å². The van der Waals surface area contributed by atoms with Crippen molar-refractivity contribution in [3.05, 3.63) is 0 Å². The molecule has 2 aliphatic carbocycles. The van der Waals surface area contributed by atoms with Gasteiger partial charge in [0.05, 0.1) is 0 Å². The molecule has 20 heavy (non-hydrogen) atoms. The summed E-state index contributed by atoms with van der Waals surface area (Å²) >= 11 is 0. The van der Waals surface area contributed by atoms with Gasteiger partial charge in [0.15, 0.2) is 0 Å². The lowest BCUT2D eigenvalue weighted by Crippen LogP contribution is -2.48. The highest BCUT2D eigenvalue weighted by Gasteiger charge is 2.48. The smallest absolute Gasteiger partial charge is 0.313 e. The minimum atomic E-state index is -0.439. The molecule has 3 nitrogen and oxygen atoms in total. The van der Waals surface area contributed by atoms with Crippen LogP contribution in [0.4, 0.5) is 0 Å². The summed E-state index contributed by atoms with van der Waals surface area (Å²) in [5.41, 5.74) is -0.439. The maximum absolute atomic E-state index is 11.9. The third-order valence-electron chi connectivity index (χ3n) is 5.70. The Kier molecular flexibility index (Phi) is 4.13. The molecule has 1 unspecified atom stereocenters. The van der Waals surface area contributed by atoms with E-state index in [9.17, 15) is 9.59 Å². The van der Waals surface area contributed by atoms with Gasteiger partial charge in [-0.05, 0) is 37.5 Å². The second-order valence-corrected chi connectivity index (χ2v) is 7.10. The third kappa shape index (κ3) is 2.91. The molecule has 3 fully saturated rings. The predicted octanol–water partition coefficient (Wildman–Crippen LogP) is 3.79. The van der Waals surface area contributed by atoms with Gasteiger partial charge in [-0.1, -0.05) is 38.5 Å². The zero-order valence-electron chi connectivity index (χ0n) is 12.4. The van der Waals surface area contributed by atoms with Crippen LogP contribution in [0.15, 0.2) is 0 Å². The highest BCUT2D eigenvalue weighted by atomic mass is 16.6. The van der Waals surface area contributed by atoms with Crippen LogP contribution in [0.3, 0.4) is 0 Å². The number of hydrogen-bond donors (Lipinski definition) is 0. The van der Waals surface area contributed by atoms with Gasteiger partial charge in [0.1, 0.15) is 17.8 Å². The SMILES string of the molecule is O=C1CC(=O)OC(CCC2CCCC2)(C2CCCC2)C1. The minimum Gasteiger partial charge on any atom is -0.458 e. The first-order chi connectivity index (χ1) is 9.68. The molecule has 0 aromatic rings. The fourth-order valence-corrected chi connectivity index (χ4v) is 4.63. The summed E-state index contributed by atoms with van der Waals surface area (Å²) in [4.78, 5) is 23.7. The van der Waals surface area contributed by atoms with Crippen LogP contribution in [0, 0.1) is 11.8 Å². The Morgan fingerprint density at radius 1 is 1.00 bits per heavy atom. The van der Waals surface area contributed by atoms with Gasteiger partial charge in [-0.2, -0.15) is 0 Å². The number of esters is 1. The zero-order valence-corrected chi connectivity index (χ0v) is 12.4. The van der Waals surface area contributed by atoms with E-state index in [0.717, 1.165) is 31.6 Å². The van der Waals surface area contributed by atoms with E-state index < -0.39 is 5.60 Å². The van der Waals surface area contributed by atoms with E-state index in [1.165, 1.54) is 38.5 Å². The number of carbonyl (C=O) groups is 2. The molecule has 0 radical (unpaired) electrons. The molecule has 3 heteroatoms. The summed E-state index contributed by atoms with van der Waals surface area (Å²) in [5, 5.41) is 0. The van der Waals surface area contributed by atoms with Crippen molar-refractivity contribution in [1.29, 1.82) is 0 Å². The summed E-state index contributed by atoms with van der Waals surface area (Å²) in [5.74, 6) is 1.04. The van der Waals surface area contributed by atoms with Crippen molar-refractivity contribution in [3.8, 4) is 0 Å². The highest BCUT2D eigenvalue weighted by molar-refractivity contribution is 5.98. The van der Waals surface area contributed by atoms with E-state index in [0.29, 0.717) is 12.3 Å². The maximum atomic E-state index is 11.9. The largest absolute Gasteiger partial charge is 0.458 e. The molecule has 0 bridgehead atoms. The van der Waals surface area contributed by atoms with E-state index in [4.69, 9.17) is 4.74 Å². The Balaban J connectivity index is 1.71. The fraction of sp³-hybridized carbons (Fsp3) is 0.882. The fourth-order valence-electron chi connectivity index (χ4n) is 4.63. The van der Waals surface area contributed by atoms with Crippen molar-refractivity contribution in [2.75, 3.05) is 0 Å². The average Bonchev–Trinajstić information content (AvgIpc) is 3.09. The summed E-state index contributed by atoms with van der Waals surface area (Å²) in [6.07, 6.45) is 12.6. The van der Waals surface area contributed by atoms with Gasteiger partial charge in [-0.15, -0.1) is 0 Å². The second kappa shape index (κ2) is 5.87. The van der Waals surface area contributed by atoms with Crippen LogP contribution in [-0.2, 0) is 14.3 Å². The van der Waals surface area contributed by atoms with Gasteiger partial charge in [-0.25, -0.2) is 0 Å². The van der Waals surface area contributed by atoms with Gasteiger partial charge in [0.2, 0.25) is 0 Å². The third-order valence-corrected chi connectivity index (χ3v) is 5.70. The number of rotatable bonds is 4. The monoisotopic (exact) mass is 278 g/mol. The maximum Gasteiger partial charge on any atom is 0.313 e. The van der Waals surface area contributed by atoms with Crippen molar-refractivity contribution >= 4 is 11.8 Å². The van der Waals surface area contributed by atoms with Crippen molar-refractivity contribution in [3.63, 3.8) is 0 Å². The standard InChI is InChI=1S/C17H26O3/c18-15-11-16(19)20-17(12-15,14-7-3-4-8-14)10-9-13-5-1-2-6-13/h13-14H,1-12H2. The molecule has 2 saturated carbocycles. The predicted molar refractivity (Wildman–Crippen MR) is 76.2 cm³/mol. The lowest BCUT2D eigenvalue weighted by Gasteiger charge is -2.41. The topological polar surface area (TPSA) is 43.4 Å². The molecule has 1 atom stereocenters. The van der Waals surface area contributed by atoms with Crippen LogP contribution < -0.4 is 0 Å². The number of carbonyl (C=O) groups excluding carboxylic acids is 2. The molecule has 112 valence electrons. The Morgan fingerprint density at radius 3 is 2.30 bits per heavy atom. The Hall–Kier alpha value is -0.860. The molecule has 1 heterocycles. The summed E-state index contributed by atoms with van der Waals surface area (Å²) < 4.78 is 5.83. The number of Topliss-reactive ketones (excluding diaryl/α,β-unsaturated/α-hetero) is 1. The lowest BCUT2D eigenvalue weighted by molar-refractivity contribution is -0.179. The van der Waals surface area contributed by atoms with Crippen LogP contribution >= 0.6 is 0 Å². The highest BCUT2D eigenvalue weighted by Crippen LogP contribution is 2.45. The second-order valence-electron chi connectivity index (χ2n) is 7.10. The minimum absolute atomic E-state index is 0.00208. The van der Waals surface area contributed by atoms with Gasteiger partial charge >= 0.3 is 5.97 Å². The lowest BCUT2D eigenvalue weighted by atomic mass is 9.75. The van der Waals surface area contributed by atoms with Crippen LogP contribution in [0.2, 0.25) is 0 Å². The molecule has 3 rings (SSSR count). The normalized spacial score (nSPS) is 32.8. The summed E-state index contributed by atoms with van der Waals surface area (Å²) in [7, 11) is 0. The molecular formula is C17H26O3. The van der Waals surface area contributed by atoms with Crippen molar-refractivity contribution < 1.29 is 14.3 Å². The number of ketones is 1. The van der Waals surface area contributed by atoms with Gasteiger partial charge in [0.25, 0.3) is 0 Å². The van der Waals surface area contributed by atoms with Crippen molar-refractivity contribution in [2.24, 2.45) is 11.8 Å². The molecule has 3 aliphatic rings. The van der Waals surface area contributed by atoms with E-state index in [1.54, 1.807) is 0 Å². The summed E-state index contributed by atoms with van der Waals surface area (Å²) in [6.45, 7) is 0.